The summed E-state index contributed by atoms with van der Waals surface area (Å²) in [5.74, 6) is 0.495. The molecule has 0 aromatic carbocycles. The number of nitrogens with zero attached hydrogens (tertiary/aromatic N) is 1. The molecule has 0 spiro atoms. The summed E-state index contributed by atoms with van der Waals surface area (Å²) in [6, 6.07) is 0. The van der Waals surface area contributed by atoms with E-state index in [-0.39, 0.29) is 5.91 Å². The molecule has 0 saturated heterocycles. The first-order chi connectivity index (χ1) is 9.21. The van der Waals surface area contributed by atoms with E-state index in [1.54, 1.807) is 12.5 Å². The fourth-order valence-electron chi connectivity index (χ4n) is 1.88. The summed E-state index contributed by atoms with van der Waals surface area (Å²) in [5.41, 5.74) is 0.502. The molecule has 1 N–H and O–H groups in total. The van der Waals surface area contributed by atoms with Crippen molar-refractivity contribution in [3.63, 3.8) is 0 Å². The third-order valence-corrected chi connectivity index (χ3v) is 3.97. The zero-order chi connectivity index (χ0) is 14.1. The smallest absolute Gasteiger partial charge is 0.270 e. The van der Waals surface area contributed by atoms with Crippen LogP contribution in [0, 0.1) is 5.92 Å². The minimum absolute atomic E-state index is 0.0754. The Labute approximate surface area is 119 Å². The molecule has 0 bridgehead atoms. The lowest BCUT2D eigenvalue weighted by molar-refractivity contribution is 0.0941. The Hall–Kier alpha value is -0.940. The van der Waals surface area contributed by atoms with Gasteiger partial charge >= 0.3 is 0 Å². The van der Waals surface area contributed by atoms with Crippen molar-refractivity contribution < 1.29 is 9.53 Å². The molecule has 0 radical (unpaired) electrons. The van der Waals surface area contributed by atoms with Crippen LogP contribution in [0.2, 0.25) is 0 Å². The predicted octanol–water partition coefficient (Wildman–Crippen LogP) is 3.24. The number of aromatic nitrogens is 1. The Morgan fingerprint density at radius 2 is 2.32 bits per heavy atom. The molecule has 0 aliphatic heterocycles. The van der Waals surface area contributed by atoms with Crippen molar-refractivity contribution in [2.24, 2.45) is 5.92 Å². The van der Waals surface area contributed by atoms with Gasteiger partial charge in [0.2, 0.25) is 0 Å². The normalized spacial score (nSPS) is 12.4. The molecule has 0 aliphatic carbocycles. The molecule has 0 fully saturated rings. The summed E-state index contributed by atoms with van der Waals surface area (Å²) in [6.07, 6.45) is 4.71. The molecule has 1 aromatic rings. The second-order valence-electron chi connectivity index (χ2n) is 4.69. The van der Waals surface area contributed by atoms with Crippen LogP contribution in [0.3, 0.4) is 0 Å². The van der Waals surface area contributed by atoms with E-state index in [0.29, 0.717) is 18.2 Å². The first-order valence-electron chi connectivity index (χ1n) is 6.92. The average molecular weight is 284 g/mol. The molecule has 1 heterocycles. The highest BCUT2D eigenvalue weighted by Crippen LogP contribution is 2.13. The third kappa shape index (κ3) is 5.70. The fraction of sp³-hybridized carbons (Fsp3) is 0.714. The van der Waals surface area contributed by atoms with Crippen molar-refractivity contribution in [2.45, 2.75) is 46.1 Å². The van der Waals surface area contributed by atoms with Crippen molar-refractivity contribution in [1.29, 1.82) is 0 Å². The van der Waals surface area contributed by atoms with Crippen molar-refractivity contribution in [2.75, 3.05) is 13.7 Å². The molecule has 1 aromatic heterocycles. The van der Waals surface area contributed by atoms with Gasteiger partial charge in [0, 0.05) is 19.0 Å². The maximum Gasteiger partial charge on any atom is 0.270 e. The zero-order valence-electron chi connectivity index (χ0n) is 12.1. The van der Waals surface area contributed by atoms with Crippen molar-refractivity contribution in [3.05, 3.63) is 16.1 Å². The number of ether oxygens (including phenoxy) is 1. The molecule has 108 valence electrons. The lowest BCUT2D eigenvalue weighted by Gasteiger charge is -2.14. The second-order valence-corrected chi connectivity index (χ2v) is 5.63. The summed E-state index contributed by atoms with van der Waals surface area (Å²) >= 11 is 1.46. The first kappa shape index (κ1) is 16.1. The van der Waals surface area contributed by atoms with Gasteiger partial charge in [-0.3, -0.25) is 4.79 Å². The number of thiazole rings is 1. The summed E-state index contributed by atoms with van der Waals surface area (Å²) in [4.78, 5) is 16.2. The molecule has 5 heteroatoms. The van der Waals surface area contributed by atoms with Crippen LogP contribution < -0.4 is 5.32 Å². The van der Waals surface area contributed by atoms with Gasteiger partial charge in [-0.05, 0) is 12.3 Å². The molecular weight excluding hydrogens is 260 g/mol. The van der Waals surface area contributed by atoms with Gasteiger partial charge in [-0.15, -0.1) is 11.3 Å². The molecule has 1 unspecified atom stereocenters. The van der Waals surface area contributed by atoms with Gasteiger partial charge in [0.15, 0.2) is 0 Å². The van der Waals surface area contributed by atoms with E-state index in [0.717, 1.165) is 18.0 Å². The van der Waals surface area contributed by atoms with Gasteiger partial charge in [-0.25, -0.2) is 4.98 Å². The van der Waals surface area contributed by atoms with Gasteiger partial charge in [0.05, 0.1) is 6.61 Å². The Bertz CT molecular complexity index is 379. The number of hydrogen-bond donors (Lipinski definition) is 1. The van der Waals surface area contributed by atoms with Gasteiger partial charge in [0.25, 0.3) is 5.91 Å². The number of amides is 1. The van der Waals surface area contributed by atoms with E-state index in [4.69, 9.17) is 4.74 Å². The van der Waals surface area contributed by atoms with Crippen LogP contribution in [0.1, 0.15) is 55.0 Å². The van der Waals surface area contributed by atoms with E-state index >= 15 is 0 Å². The topological polar surface area (TPSA) is 51.2 Å². The summed E-state index contributed by atoms with van der Waals surface area (Å²) in [5, 5.41) is 5.61. The van der Waals surface area contributed by atoms with Crippen LogP contribution in [0.25, 0.3) is 0 Å². The molecule has 1 atom stereocenters. The standard InChI is InChI=1S/C14H24N2O2S/c1-4-6-7-11(5-2)8-15-14(17)12-10-19-13(16-12)9-18-3/h10-11H,4-9H2,1-3H3,(H,15,17). The zero-order valence-corrected chi connectivity index (χ0v) is 12.9. The second kappa shape index (κ2) is 9.04. The molecule has 0 saturated carbocycles. The van der Waals surface area contributed by atoms with Crippen LogP contribution in [0.15, 0.2) is 5.38 Å². The van der Waals surface area contributed by atoms with Crippen LogP contribution in [0.4, 0.5) is 0 Å². The largest absolute Gasteiger partial charge is 0.378 e. The summed E-state index contributed by atoms with van der Waals surface area (Å²) < 4.78 is 5.00. The summed E-state index contributed by atoms with van der Waals surface area (Å²) in [6.45, 7) is 5.57. The van der Waals surface area contributed by atoms with Crippen molar-refractivity contribution in [3.8, 4) is 0 Å². The van der Waals surface area contributed by atoms with Crippen LogP contribution in [-0.2, 0) is 11.3 Å². The fourth-order valence-corrected chi connectivity index (χ4v) is 2.62. The Morgan fingerprint density at radius 3 is 2.95 bits per heavy atom. The molecule has 4 nitrogen and oxygen atoms in total. The minimum atomic E-state index is -0.0754. The number of carbonyl (C=O) groups excluding carboxylic acids is 1. The Morgan fingerprint density at radius 1 is 1.53 bits per heavy atom. The van der Waals surface area contributed by atoms with E-state index in [1.165, 1.54) is 30.6 Å². The van der Waals surface area contributed by atoms with Gasteiger partial charge < -0.3 is 10.1 Å². The number of methoxy groups -OCH3 is 1. The van der Waals surface area contributed by atoms with Gasteiger partial charge in [-0.2, -0.15) is 0 Å². The maximum absolute atomic E-state index is 11.9. The number of carbonyl (C=O) groups is 1. The van der Waals surface area contributed by atoms with E-state index in [2.05, 4.69) is 24.1 Å². The van der Waals surface area contributed by atoms with E-state index in [9.17, 15) is 4.79 Å². The quantitative estimate of drug-likeness (QED) is 0.757. The lowest BCUT2D eigenvalue weighted by atomic mass is 9.99. The molecule has 1 amide bonds. The number of unbranched alkanes of at least 4 members (excludes halogenated alkanes) is 1. The predicted molar refractivity (Wildman–Crippen MR) is 78.5 cm³/mol. The highest BCUT2D eigenvalue weighted by Gasteiger charge is 2.12. The van der Waals surface area contributed by atoms with Crippen molar-refractivity contribution >= 4 is 17.2 Å². The van der Waals surface area contributed by atoms with E-state index < -0.39 is 0 Å². The van der Waals surface area contributed by atoms with Crippen LogP contribution in [-0.4, -0.2) is 24.5 Å². The number of rotatable bonds is 9. The molecule has 19 heavy (non-hydrogen) atoms. The van der Waals surface area contributed by atoms with Gasteiger partial charge in [-0.1, -0.05) is 33.1 Å². The monoisotopic (exact) mass is 284 g/mol. The number of nitrogens with one attached hydrogen (secondary N) is 1. The Kier molecular flexibility index (Phi) is 7.67. The summed E-state index contributed by atoms with van der Waals surface area (Å²) in [7, 11) is 1.63. The van der Waals surface area contributed by atoms with Crippen molar-refractivity contribution in [1.82, 2.24) is 10.3 Å². The van der Waals surface area contributed by atoms with E-state index in [1.807, 2.05) is 0 Å². The molecule has 0 aliphatic rings. The lowest BCUT2D eigenvalue weighted by Crippen LogP contribution is -2.29. The average Bonchev–Trinajstić information content (AvgIpc) is 2.88. The third-order valence-electron chi connectivity index (χ3n) is 3.15. The van der Waals surface area contributed by atoms with Crippen LogP contribution >= 0.6 is 11.3 Å². The molecule has 1 rings (SSSR count). The SMILES string of the molecule is CCCCC(CC)CNC(=O)c1csc(COC)n1. The Balaban J connectivity index is 2.40. The highest BCUT2D eigenvalue weighted by molar-refractivity contribution is 7.09. The number of hydrogen-bond acceptors (Lipinski definition) is 4. The van der Waals surface area contributed by atoms with Crippen LogP contribution in [0.5, 0.6) is 0 Å². The first-order valence-corrected chi connectivity index (χ1v) is 7.80. The highest BCUT2D eigenvalue weighted by atomic mass is 32.1. The van der Waals surface area contributed by atoms with Gasteiger partial charge in [0.1, 0.15) is 10.7 Å². The molecular formula is C14H24N2O2S. The maximum atomic E-state index is 11.9. The minimum Gasteiger partial charge on any atom is -0.378 e.